The third-order valence-electron chi connectivity index (χ3n) is 21.0. The maximum atomic E-state index is 2.98. The van der Waals surface area contributed by atoms with Gasteiger partial charge < -0.3 is 0 Å². The van der Waals surface area contributed by atoms with Gasteiger partial charge in [0, 0.05) is 0 Å². The van der Waals surface area contributed by atoms with Crippen LogP contribution < -0.4 is 0 Å². The monoisotopic (exact) mass is 673 g/mol. The van der Waals surface area contributed by atoms with E-state index >= 15 is 0 Å². The van der Waals surface area contributed by atoms with Gasteiger partial charge in [0.25, 0.3) is 0 Å². The van der Waals surface area contributed by atoms with E-state index in [0.29, 0.717) is 32.5 Å². The first-order valence-corrected chi connectivity index (χ1v) is 22.7. The molecule has 0 spiro atoms. The van der Waals surface area contributed by atoms with Gasteiger partial charge in [0.05, 0.1) is 0 Å². The van der Waals surface area contributed by atoms with Crippen molar-refractivity contribution >= 4 is 0 Å². The molecule has 0 nitrogen and oxygen atoms in total. The van der Waals surface area contributed by atoms with Gasteiger partial charge in [-0.25, -0.2) is 0 Å². The van der Waals surface area contributed by atoms with E-state index in [4.69, 9.17) is 0 Å². The number of fused-ring (bicyclic) bond motifs is 7. The number of hydrogen-bond acceptors (Lipinski definition) is 0. The predicted molar refractivity (Wildman–Crippen MR) is 212 cm³/mol. The summed E-state index contributed by atoms with van der Waals surface area (Å²) in [5.74, 6) is 10.6. The highest BCUT2D eigenvalue weighted by atomic mass is 14.8. The third kappa shape index (κ3) is 4.83. The first-order valence-electron chi connectivity index (χ1n) is 22.7. The van der Waals surface area contributed by atoms with Crippen LogP contribution in [0.5, 0.6) is 0 Å². The highest BCUT2D eigenvalue weighted by molar-refractivity contribution is 5.29. The Morgan fingerprint density at radius 2 is 1.45 bits per heavy atom. The molecule has 0 aliphatic heterocycles. The minimum absolute atomic E-state index is 0.401. The molecule has 7 aliphatic carbocycles. The summed E-state index contributed by atoms with van der Waals surface area (Å²) in [6, 6.07) is 0. The summed E-state index contributed by atoms with van der Waals surface area (Å²) in [5, 5.41) is 0. The van der Waals surface area contributed by atoms with Crippen LogP contribution >= 0.6 is 0 Å². The second-order valence-corrected chi connectivity index (χ2v) is 22.7. The summed E-state index contributed by atoms with van der Waals surface area (Å²) in [5.41, 5.74) is 4.73. The van der Waals surface area contributed by atoms with Crippen molar-refractivity contribution < 1.29 is 0 Å². The molecule has 6 saturated carbocycles. The Morgan fingerprint density at radius 1 is 0.735 bits per heavy atom. The highest BCUT2D eigenvalue weighted by Crippen LogP contribution is 2.86. The summed E-state index contributed by atoms with van der Waals surface area (Å²) in [6.45, 7) is 35.4. The summed E-state index contributed by atoms with van der Waals surface area (Å²) in [6.07, 6.45) is 26.4. The van der Waals surface area contributed by atoms with Crippen molar-refractivity contribution in [1.82, 2.24) is 0 Å². The van der Waals surface area contributed by atoms with Crippen molar-refractivity contribution in [1.29, 1.82) is 0 Å². The van der Waals surface area contributed by atoms with E-state index in [1.807, 2.05) is 5.57 Å². The van der Waals surface area contributed by atoms with E-state index in [2.05, 4.69) is 96.1 Å². The molecule has 0 aromatic heterocycles. The van der Waals surface area contributed by atoms with Crippen molar-refractivity contribution in [2.75, 3.05) is 0 Å². The van der Waals surface area contributed by atoms with Crippen LogP contribution in [0.15, 0.2) is 11.6 Å². The average molecular weight is 673 g/mol. The second-order valence-electron chi connectivity index (χ2n) is 22.7. The van der Waals surface area contributed by atoms with Gasteiger partial charge in [0.1, 0.15) is 0 Å². The molecule has 0 saturated heterocycles. The SMILES string of the molecule is CCC12CCC3(C(C)C(C)CC4(C5=CCC(C)CC5)CC4)CC(C)C(C(C)C)C3(C)C1(C)CCC1C3CCC(C)C(C(C)C)C3CCC12C. The molecule has 0 heterocycles. The van der Waals surface area contributed by atoms with E-state index in [0.717, 1.165) is 71.0 Å². The Bertz CT molecular complexity index is 1250. The van der Waals surface area contributed by atoms with Gasteiger partial charge in [-0.1, -0.05) is 108 Å². The van der Waals surface area contributed by atoms with Crippen molar-refractivity contribution in [3.8, 4) is 0 Å². The van der Waals surface area contributed by atoms with Crippen LogP contribution in [-0.4, -0.2) is 0 Å². The zero-order chi connectivity index (χ0) is 35.5. The topological polar surface area (TPSA) is 0 Å². The zero-order valence-electron chi connectivity index (χ0n) is 35.3. The fourth-order valence-corrected chi connectivity index (χ4v) is 18.8. The van der Waals surface area contributed by atoms with E-state index in [-0.39, 0.29) is 0 Å². The molecule has 0 N–H and O–H groups in total. The fraction of sp³-hybridized carbons (Fsp3) is 0.959. The summed E-state index contributed by atoms with van der Waals surface area (Å²) in [7, 11) is 0. The van der Waals surface area contributed by atoms with Crippen molar-refractivity contribution in [3.63, 3.8) is 0 Å². The molecule has 15 atom stereocenters. The molecular weight excluding hydrogens is 589 g/mol. The predicted octanol–water partition coefficient (Wildman–Crippen LogP) is 14.8. The van der Waals surface area contributed by atoms with E-state index in [9.17, 15) is 0 Å². The molecule has 7 aliphatic rings. The van der Waals surface area contributed by atoms with Crippen molar-refractivity contribution in [2.24, 2.45) is 104 Å². The Hall–Kier alpha value is -0.260. The second kappa shape index (κ2) is 12.4. The summed E-state index contributed by atoms with van der Waals surface area (Å²) < 4.78 is 0. The largest absolute Gasteiger partial charge is 0.0845 e. The van der Waals surface area contributed by atoms with E-state index in [1.54, 1.807) is 0 Å². The van der Waals surface area contributed by atoms with E-state index < -0.39 is 0 Å². The summed E-state index contributed by atoms with van der Waals surface area (Å²) >= 11 is 0. The van der Waals surface area contributed by atoms with Crippen molar-refractivity contribution in [2.45, 2.75) is 193 Å². The quantitative estimate of drug-likeness (QED) is 0.225. The molecule has 280 valence electrons. The van der Waals surface area contributed by atoms with Gasteiger partial charge in [-0.05, 0) is 200 Å². The van der Waals surface area contributed by atoms with Gasteiger partial charge in [-0.3, -0.25) is 0 Å². The van der Waals surface area contributed by atoms with E-state index in [1.165, 1.54) is 103 Å². The molecule has 0 aromatic carbocycles. The minimum atomic E-state index is 0.401. The lowest BCUT2D eigenvalue weighted by atomic mass is 9.25. The highest BCUT2D eigenvalue weighted by Gasteiger charge is 2.79. The van der Waals surface area contributed by atoms with Crippen LogP contribution in [0.2, 0.25) is 0 Å². The van der Waals surface area contributed by atoms with Gasteiger partial charge in [0.2, 0.25) is 0 Å². The Kier molecular flexibility index (Phi) is 9.38. The molecule has 0 bridgehead atoms. The molecule has 15 unspecified atom stereocenters. The summed E-state index contributed by atoms with van der Waals surface area (Å²) in [4.78, 5) is 0. The maximum absolute atomic E-state index is 2.98. The molecular formula is C49H84. The van der Waals surface area contributed by atoms with Crippen LogP contribution in [0, 0.1) is 104 Å². The van der Waals surface area contributed by atoms with Crippen LogP contribution in [0.4, 0.5) is 0 Å². The molecule has 0 aromatic rings. The number of hydrogen-bond donors (Lipinski definition) is 0. The van der Waals surface area contributed by atoms with Gasteiger partial charge in [0.15, 0.2) is 0 Å². The number of rotatable bonds is 8. The third-order valence-corrected chi connectivity index (χ3v) is 21.0. The van der Waals surface area contributed by atoms with Gasteiger partial charge in [-0.15, -0.1) is 0 Å². The molecule has 49 heavy (non-hydrogen) atoms. The van der Waals surface area contributed by atoms with Crippen molar-refractivity contribution in [3.05, 3.63) is 11.6 Å². The number of allylic oxidation sites excluding steroid dienone is 2. The fourth-order valence-electron chi connectivity index (χ4n) is 18.8. The molecule has 0 heteroatoms. The molecule has 7 rings (SSSR count). The van der Waals surface area contributed by atoms with Crippen LogP contribution in [0.1, 0.15) is 193 Å². The van der Waals surface area contributed by atoms with Gasteiger partial charge >= 0.3 is 0 Å². The lowest BCUT2D eigenvalue weighted by molar-refractivity contribution is -0.305. The van der Waals surface area contributed by atoms with Gasteiger partial charge in [-0.2, -0.15) is 0 Å². The standard InChI is InChI=1S/C49H84/c1-14-49-28-27-48(37(10)35(8)29-47(25-26-47)38-18-15-33(6)16-19-38)30-36(9)43(32(4)5)46(48,13)45(49,12)24-22-41-39-20-17-34(7)42(31(2)3)40(39)21-23-44(41,49)11/h18,31-37,39-43H,14-17,19-30H2,1-13H3. The zero-order valence-corrected chi connectivity index (χ0v) is 35.3. The lowest BCUT2D eigenvalue weighted by Gasteiger charge is -2.79. The smallest absolute Gasteiger partial charge is 0.00848 e. The molecule has 6 fully saturated rings. The van der Waals surface area contributed by atoms with Crippen LogP contribution in [0.25, 0.3) is 0 Å². The molecule has 0 radical (unpaired) electrons. The molecule has 0 amide bonds. The lowest BCUT2D eigenvalue weighted by Crippen LogP contribution is -2.72. The first kappa shape index (κ1) is 37.1. The first-order chi connectivity index (χ1) is 23.0. The maximum Gasteiger partial charge on any atom is -0.00848 e. The Labute approximate surface area is 307 Å². The average Bonchev–Trinajstić information content (AvgIpc) is 3.77. The van der Waals surface area contributed by atoms with Crippen LogP contribution in [-0.2, 0) is 0 Å². The normalized spacial score (nSPS) is 51.7. The Morgan fingerprint density at radius 3 is 2.04 bits per heavy atom. The Balaban J connectivity index is 1.27. The minimum Gasteiger partial charge on any atom is -0.0845 e. The van der Waals surface area contributed by atoms with Crippen LogP contribution in [0.3, 0.4) is 0 Å².